The summed E-state index contributed by atoms with van der Waals surface area (Å²) in [6, 6.07) is 7.12. The maximum absolute atomic E-state index is 11.0. The summed E-state index contributed by atoms with van der Waals surface area (Å²) in [5.74, 6) is -0.0648. The van der Waals surface area contributed by atoms with E-state index >= 15 is 0 Å². The molecule has 0 aliphatic rings. The molecular formula is C10H13NOY-2. The van der Waals surface area contributed by atoms with Crippen LogP contribution in [-0.4, -0.2) is 13.0 Å². The van der Waals surface area contributed by atoms with Gasteiger partial charge in [0.1, 0.15) is 0 Å². The van der Waals surface area contributed by atoms with Crippen LogP contribution in [0.4, 0.5) is 0 Å². The van der Waals surface area contributed by atoms with Crippen molar-refractivity contribution in [1.82, 2.24) is 5.32 Å². The summed E-state index contributed by atoms with van der Waals surface area (Å²) < 4.78 is 0. The zero-order valence-electron chi connectivity index (χ0n) is 8.00. The van der Waals surface area contributed by atoms with Crippen LogP contribution in [0, 0.1) is 14.4 Å². The third-order valence-corrected chi connectivity index (χ3v) is 1.44. The topological polar surface area (TPSA) is 29.1 Å². The molecule has 1 N–H and O–H groups in total. The van der Waals surface area contributed by atoms with Crippen LogP contribution in [-0.2, 0) is 32.7 Å². The number of rotatable bonds is 1. The molecule has 0 aliphatic carbocycles. The summed E-state index contributed by atoms with van der Waals surface area (Å²) in [4.78, 5) is 11.0. The zero-order chi connectivity index (χ0) is 8.27. The van der Waals surface area contributed by atoms with Crippen LogP contribution in [0.2, 0.25) is 0 Å². The van der Waals surface area contributed by atoms with Gasteiger partial charge in [-0.2, -0.15) is 24.6 Å². The molecule has 1 radical (unpaired) electrons. The van der Waals surface area contributed by atoms with Gasteiger partial charge in [-0.3, -0.25) is 4.79 Å². The predicted molar refractivity (Wildman–Crippen MR) is 50.7 cm³/mol. The average molecular weight is 252 g/mol. The van der Waals surface area contributed by atoms with Crippen LogP contribution < -0.4 is 5.32 Å². The fourth-order valence-corrected chi connectivity index (χ4v) is 0.800. The Morgan fingerprint density at radius 2 is 1.77 bits per heavy atom. The standard InChI is InChI=1S/C9H10NO.CH3.Y/c1-7-3-5-8(6-4-7)9(11)10-2;;/h3-6H,1H2,2H3,(H,10,11);1H3;/q2*-1;. The van der Waals surface area contributed by atoms with Crippen LogP contribution in [0.1, 0.15) is 15.9 Å². The first kappa shape index (κ1) is 15.2. The van der Waals surface area contributed by atoms with E-state index in [1.165, 1.54) is 0 Å². The van der Waals surface area contributed by atoms with E-state index in [4.69, 9.17) is 0 Å². The smallest absolute Gasteiger partial charge is 0.248 e. The molecule has 0 atom stereocenters. The summed E-state index contributed by atoms with van der Waals surface area (Å²) in [6.45, 7) is 3.72. The van der Waals surface area contributed by atoms with E-state index in [1.54, 1.807) is 19.2 Å². The van der Waals surface area contributed by atoms with E-state index in [2.05, 4.69) is 12.2 Å². The molecule has 0 spiro atoms. The largest absolute Gasteiger partial charge is 0.358 e. The van der Waals surface area contributed by atoms with E-state index in [1.807, 2.05) is 12.1 Å². The Morgan fingerprint density at radius 3 is 2.15 bits per heavy atom. The molecule has 69 valence electrons. The van der Waals surface area contributed by atoms with Gasteiger partial charge in [-0.05, 0) is 0 Å². The van der Waals surface area contributed by atoms with Gasteiger partial charge in [-0.15, -0.1) is 12.1 Å². The number of carbonyl (C=O) groups is 1. The van der Waals surface area contributed by atoms with Gasteiger partial charge in [0.25, 0.3) is 0 Å². The Bertz CT molecular complexity index is 256. The van der Waals surface area contributed by atoms with E-state index < -0.39 is 0 Å². The Kier molecular flexibility index (Phi) is 8.28. The van der Waals surface area contributed by atoms with Gasteiger partial charge in [0.15, 0.2) is 0 Å². The third kappa shape index (κ3) is 4.44. The second kappa shape index (κ2) is 7.10. The number of nitrogens with one attached hydrogen (secondary N) is 1. The van der Waals surface area contributed by atoms with E-state index in [9.17, 15) is 4.79 Å². The molecule has 1 aromatic carbocycles. The number of hydrogen-bond donors (Lipinski definition) is 1. The molecule has 0 aromatic heterocycles. The maximum Gasteiger partial charge on any atom is 0.248 e. The summed E-state index contributed by atoms with van der Waals surface area (Å²) in [5.41, 5.74) is 1.58. The molecule has 0 heterocycles. The molecule has 2 nitrogen and oxygen atoms in total. The summed E-state index contributed by atoms with van der Waals surface area (Å²) in [7, 11) is 1.61. The SMILES string of the molecule is [CH2-]c1ccc(C(=O)NC)cc1.[CH3-].[Y]. The number of amides is 1. The Balaban J connectivity index is 0. The van der Waals surface area contributed by atoms with Crippen LogP contribution in [0.15, 0.2) is 24.3 Å². The van der Waals surface area contributed by atoms with Gasteiger partial charge >= 0.3 is 0 Å². The quantitative estimate of drug-likeness (QED) is 0.757. The minimum absolute atomic E-state index is 0. The van der Waals surface area contributed by atoms with Gasteiger partial charge in [0.2, 0.25) is 5.91 Å². The predicted octanol–water partition coefficient (Wildman–Crippen LogP) is 1.68. The van der Waals surface area contributed by atoms with Crippen molar-refractivity contribution in [2.45, 2.75) is 0 Å². The average Bonchev–Trinajstić information content (AvgIpc) is 2.05. The summed E-state index contributed by atoms with van der Waals surface area (Å²) in [5, 5.41) is 2.54. The first-order chi connectivity index (χ1) is 5.24. The second-order valence-corrected chi connectivity index (χ2v) is 2.28. The molecule has 13 heavy (non-hydrogen) atoms. The fraction of sp³-hybridized carbons (Fsp3) is 0.100. The van der Waals surface area contributed by atoms with Crippen LogP contribution in [0.25, 0.3) is 0 Å². The molecule has 3 heteroatoms. The van der Waals surface area contributed by atoms with Gasteiger partial charge in [0, 0.05) is 45.3 Å². The Labute approximate surface area is 105 Å². The van der Waals surface area contributed by atoms with Crippen molar-refractivity contribution in [1.29, 1.82) is 0 Å². The molecule has 0 unspecified atom stereocenters. The fourth-order valence-electron chi connectivity index (χ4n) is 0.800. The third-order valence-electron chi connectivity index (χ3n) is 1.44. The Hall–Kier alpha value is -0.336. The molecule has 0 saturated carbocycles. The van der Waals surface area contributed by atoms with Crippen molar-refractivity contribution in [2.75, 3.05) is 7.05 Å². The molecule has 0 bridgehead atoms. The Morgan fingerprint density at radius 1 is 1.31 bits per heavy atom. The van der Waals surface area contributed by atoms with E-state index in [0.717, 1.165) is 5.56 Å². The van der Waals surface area contributed by atoms with Crippen LogP contribution in [0.3, 0.4) is 0 Å². The van der Waals surface area contributed by atoms with Gasteiger partial charge in [-0.1, -0.05) is 0 Å². The van der Waals surface area contributed by atoms with Gasteiger partial charge in [0.05, 0.1) is 0 Å². The van der Waals surface area contributed by atoms with Crippen molar-refractivity contribution in [2.24, 2.45) is 0 Å². The van der Waals surface area contributed by atoms with E-state index in [-0.39, 0.29) is 46.0 Å². The summed E-state index contributed by atoms with van der Waals surface area (Å²) in [6.07, 6.45) is 0. The molecule has 1 aromatic rings. The van der Waals surface area contributed by atoms with Crippen molar-refractivity contribution in [3.05, 3.63) is 49.7 Å². The number of carbonyl (C=O) groups excluding carboxylic acids is 1. The second-order valence-electron chi connectivity index (χ2n) is 2.28. The maximum atomic E-state index is 11.0. The molecule has 1 rings (SSSR count). The molecule has 0 saturated heterocycles. The first-order valence-electron chi connectivity index (χ1n) is 3.38. The van der Waals surface area contributed by atoms with Crippen molar-refractivity contribution in [3.63, 3.8) is 0 Å². The number of benzene rings is 1. The zero-order valence-corrected chi connectivity index (χ0v) is 10.8. The van der Waals surface area contributed by atoms with Gasteiger partial charge in [-0.25, -0.2) is 0 Å². The molecular weight excluding hydrogens is 239 g/mol. The van der Waals surface area contributed by atoms with Crippen LogP contribution >= 0.6 is 0 Å². The number of hydrogen-bond acceptors (Lipinski definition) is 1. The molecule has 1 amide bonds. The normalized spacial score (nSPS) is 7.77. The monoisotopic (exact) mass is 252 g/mol. The van der Waals surface area contributed by atoms with Crippen molar-refractivity contribution >= 4 is 5.91 Å². The minimum Gasteiger partial charge on any atom is -0.358 e. The van der Waals surface area contributed by atoms with Crippen molar-refractivity contribution < 1.29 is 37.5 Å². The van der Waals surface area contributed by atoms with Crippen molar-refractivity contribution in [3.8, 4) is 0 Å². The molecule has 0 fully saturated rings. The molecule has 0 aliphatic heterocycles. The van der Waals surface area contributed by atoms with Gasteiger partial charge < -0.3 is 12.7 Å². The first-order valence-corrected chi connectivity index (χ1v) is 3.38. The summed E-state index contributed by atoms with van der Waals surface area (Å²) >= 11 is 0. The van der Waals surface area contributed by atoms with Crippen LogP contribution in [0.5, 0.6) is 0 Å². The minimum atomic E-state index is -0.0648. The van der Waals surface area contributed by atoms with E-state index in [0.29, 0.717) is 5.56 Å².